The van der Waals surface area contributed by atoms with E-state index in [0.717, 1.165) is 24.4 Å². The Morgan fingerprint density at radius 1 is 1.00 bits per heavy atom. The minimum atomic E-state index is 1.09. The van der Waals surface area contributed by atoms with Crippen molar-refractivity contribution in [1.82, 2.24) is 4.98 Å². The second-order valence-electron chi connectivity index (χ2n) is 3.70. The summed E-state index contributed by atoms with van der Waals surface area (Å²) in [6.45, 7) is 2.32. The van der Waals surface area contributed by atoms with Gasteiger partial charge in [0.25, 0.3) is 0 Å². The Morgan fingerprint density at radius 2 is 1.86 bits per heavy atom. The maximum Gasteiger partial charge on any atom is 0.129 e. The number of hydrogen-bond acceptors (Lipinski definition) is 2. The van der Waals surface area contributed by atoms with Gasteiger partial charge in [-0.25, -0.2) is 4.98 Å². The van der Waals surface area contributed by atoms with Gasteiger partial charge in [0.2, 0.25) is 0 Å². The van der Waals surface area contributed by atoms with Gasteiger partial charge in [0.05, 0.1) is 5.52 Å². The Labute approximate surface area is 83.2 Å². The van der Waals surface area contributed by atoms with Gasteiger partial charge in [-0.15, -0.1) is 0 Å². The topological polar surface area (TPSA) is 16.1 Å². The molecule has 0 aliphatic carbocycles. The van der Waals surface area contributed by atoms with Crippen LogP contribution in [0.2, 0.25) is 0 Å². The highest BCUT2D eigenvalue weighted by Gasteiger charge is 2.15. The van der Waals surface area contributed by atoms with E-state index >= 15 is 0 Å². The van der Waals surface area contributed by atoms with Crippen LogP contribution >= 0.6 is 0 Å². The van der Waals surface area contributed by atoms with E-state index in [2.05, 4.69) is 34.1 Å². The molecule has 0 saturated carbocycles. The lowest BCUT2D eigenvalue weighted by atomic mass is 10.2. The van der Waals surface area contributed by atoms with E-state index < -0.39 is 0 Å². The molecule has 1 fully saturated rings. The van der Waals surface area contributed by atoms with Crippen LogP contribution < -0.4 is 4.90 Å². The zero-order valence-electron chi connectivity index (χ0n) is 7.98. The fourth-order valence-electron chi connectivity index (χ4n) is 1.78. The summed E-state index contributed by atoms with van der Waals surface area (Å²) < 4.78 is 0. The van der Waals surface area contributed by atoms with Crippen LogP contribution in [0.3, 0.4) is 0 Å². The number of para-hydroxylation sites is 1. The minimum absolute atomic E-state index is 1.09. The molecule has 2 nitrogen and oxygen atoms in total. The zero-order valence-corrected chi connectivity index (χ0v) is 7.98. The van der Waals surface area contributed by atoms with Gasteiger partial charge in [-0.3, -0.25) is 0 Å². The van der Waals surface area contributed by atoms with Gasteiger partial charge >= 0.3 is 0 Å². The van der Waals surface area contributed by atoms with E-state index in [1.807, 2.05) is 12.1 Å². The molecule has 1 aliphatic heterocycles. The monoisotopic (exact) mass is 184 g/mol. The Bertz CT molecular complexity index is 461. The summed E-state index contributed by atoms with van der Waals surface area (Å²) in [5, 5.41) is 1.22. The predicted molar refractivity (Wildman–Crippen MR) is 58.6 cm³/mol. The largest absolute Gasteiger partial charge is 0.356 e. The lowest BCUT2D eigenvalue weighted by Gasteiger charge is -2.32. The predicted octanol–water partition coefficient (Wildman–Crippen LogP) is 2.44. The van der Waals surface area contributed by atoms with Gasteiger partial charge in [0.15, 0.2) is 0 Å². The number of hydrogen-bond donors (Lipinski definition) is 0. The quantitative estimate of drug-likeness (QED) is 0.676. The molecular formula is C12H12N2. The number of aromatic nitrogens is 1. The normalized spacial score (nSPS) is 15.6. The first-order chi connectivity index (χ1) is 6.93. The molecule has 14 heavy (non-hydrogen) atoms. The van der Waals surface area contributed by atoms with Crippen LogP contribution in [0.1, 0.15) is 6.42 Å². The molecule has 2 heterocycles. The van der Waals surface area contributed by atoms with Crippen LogP contribution in [0.25, 0.3) is 10.9 Å². The van der Waals surface area contributed by atoms with Crippen LogP contribution in [0.5, 0.6) is 0 Å². The Morgan fingerprint density at radius 3 is 2.64 bits per heavy atom. The van der Waals surface area contributed by atoms with Crippen molar-refractivity contribution in [2.75, 3.05) is 18.0 Å². The Kier molecular flexibility index (Phi) is 1.66. The molecule has 0 atom stereocenters. The van der Waals surface area contributed by atoms with Gasteiger partial charge in [0.1, 0.15) is 5.82 Å². The smallest absolute Gasteiger partial charge is 0.129 e. The highest BCUT2D eigenvalue weighted by atomic mass is 15.2. The summed E-state index contributed by atoms with van der Waals surface area (Å²) in [6.07, 6.45) is 1.30. The van der Waals surface area contributed by atoms with Crippen molar-refractivity contribution in [2.24, 2.45) is 0 Å². The molecule has 2 heteroatoms. The van der Waals surface area contributed by atoms with E-state index in [1.165, 1.54) is 11.8 Å². The summed E-state index contributed by atoms with van der Waals surface area (Å²) in [4.78, 5) is 6.94. The average molecular weight is 184 g/mol. The lowest BCUT2D eigenvalue weighted by molar-refractivity contribution is 0.611. The number of rotatable bonds is 1. The standard InChI is InChI=1S/C12H12N2/c1-2-5-11-10(4-1)6-7-12(13-11)14-8-3-9-14/h1-2,4-7H,3,8-9H2. The van der Waals surface area contributed by atoms with Crippen molar-refractivity contribution in [3.8, 4) is 0 Å². The summed E-state index contributed by atoms with van der Waals surface area (Å²) in [6, 6.07) is 12.5. The molecule has 70 valence electrons. The van der Waals surface area contributed by atoms with Gasteiger partial charge in [-0.2, -0.15) is 0 Å². The maximum absolute atomic E-state index is 4.62. The molecule has 0 bridgehead atoms. The maximum atomic E-state index is 4.62. The first-order valence-corrected chi connectivity index (χ1v) is 5.04. The zero-order chi connectivity index (χ0) is 9.38. The van der Waals surface area contributed by atoms with Crippen molar-refractivity contribution < 1.29 is 0 Å². The van der Waals surface area contributed by atoms with Crippen molar-refractivity contribution in [1.29, 1.82) is 0 Å². The Hall–Kier alpha value is -1.57. The van der Waals surface area contributed by atoms with Gasteiger partial charge in [-0.05, 0) is 24.6 Å². The van der Waals surface area contributed by atoms with Gasteiger partial charge < -0.3 is 4.90 Å². The second-order valence-corrected chi connectivity index (χ2v) is 3.70. The van der Waals surface area contributed by atoms with Crippen LogP contribution in [0.15, 0.2) is 36.4 Å². The first kappa shape index (κ1) is 7.80. The number of fused-ring (bicyclic) bond motifs is 1. The van der Waals surface area contributed by atoms with Gasteiger partial charge in [0, 0.05) is 18.5 Å². The third-order valence-electron chi connectivity index (χ3n) is 2.76. The summed E-state index contributed by atoms with van der Waals surface area (Å²) in [7, 11) is 0. The molecule has 1 aliphatic rings. The molecule has 0 spiro atoms. The Balaban J connectivity index is 2.10. The molecule has 1 aromatic carbocycles. The fourth-order valence-corrected chi connectivity index (χ4v) is 1.78. The van der Waals surface area contributed by atoms with Crippen LogP contribution in [-0.2, 0) is 0 Å². The highest BCUT2D eigenvalue weighted by Crippen LogP contribution is 2.21. The lowest BCUT2D eigenvalue weighted by Crippen LogP contribution is -2.37. The minimum Gasteiger partial charge on any atom is -0.356 e. The second kappa shape index (κ2) is 2.98. The van der Waals surface area contributed by atoms with Gasteiger partial charge in [-0.1, -0.05) is 18.2 Å². The SMILES string of the molecule is c1ccc2nc(N3CCC3)ccc2c1. The van der Waals surface area contributed by atoms with Crippen LogP contribution in [-0.4, -0.2) is 18.1 Å². The van der Waals surface area contributed by atoms with Crippen LogP contribution in [0, 0.1) is 0 Å². The third kappa shape index (κ3) is 1.15. The highest BCUT2D eigenvalue weighted by molar-refractivity contribution is 5.80. The summed E-state index contributed by atoms with van der Waals surface area (Å²) >= 11 is 0. The molecule has 0 radical (unpaired) electrons. The molecule has 1 saturated heterocycles. The number of benzene rings is 1. The van der Waals surface area contributed by atoms with E-state index in [-0.39, 0.29) is 0 Å². The average Bonchev–Trinajstić information content (AvgIpc) is 2.15. The van der Waals surface area contributed by atoms with Crippen LogP contribution in [0.4, 0.5) is 5.82 Å². The number of anilines is 1. The summed E-state index contributed by atoms with van der Waals surface area (Å²) in [5.41, 5.74) is 1.09. The third-order valence-corrected chi connectivity index (χ3v) is 2.76. The van der Waals surface area contributed by atoms with E-state index in [9.17, 15) is 0 Å². The van der Waals surface area contributed by atoms with E-state index in [1.54, 1.807) is 0 Å². The molecule has 0 amide bonds. The molecular weight excluding hydrogens is 172 g/mol. The molecule has 0 N–H and O–H groups in total. The number of pyridine rings is 1. The first-order valence-electron chi connectivity index (χ1n) is 5.04. The molecule has 2 aromatic rings. The van der Waals surface area contributed by atoms with E-state index in [4.69, 9.17) is 0 Å². The van der Waals surface area contributed by atoms with E-state index in [0.29, 0.717) is 0 Å². The number of nitrogens with zero attached hydrogens (tertiary/aromatic N) is 2. The molecule has 1 aromatic heterocycles. The molecule has 0 unspecified atom stereocenters. The fraction of sp³-hybridized carbons (Fsp3) is 0.250. The van der Waals surface area contributed by atoms with Crippen molar-refractivity contribution in [3.63, 3.8) is 0 Å². The van der Waals surface area contributed by atoms with Crippen molar-refractivity contribution >= 4 is 16.7 Å². The summed E-state index contributed by atoms with van der Waals surface area (Å²) in [5.74, 6) is 1.12. The van der Waals surface area contributed by atoms with Crippen molar-refractivity contribution in [2.45, 2.75) is 6.42 Å². The van der Waals surface area contributed by atoms with Crippen molar-refractivity contribution in [3.05, 3.63) is 36.4 Å². The molecule has 3 rings (SSSR count).